The molecule has 2 unspecified atom stereocenters. The third-order valence-electron chi connectivity index (χ3n) is 3.80. The second kappa shape index (κ2) is 2.84. The van der Waals surface area contributed by atoms with Gasteiger partial charge in [0.15, 0.2) is 0 Å². The molecule has 0 aromatic carbocycles. The van der Waals surface area contributed by atoms with Gasteiger partial charge in [-0.2, -0.15) is 0 Å². The molecule has 1 saturated carbocycles. The molecule has 0 aromatic rings. The normalized spacial score (nSPS) is 24.7. The van der Waals surface area contributed by atoms with Crippen LogP contribution in [-0.2, 0) is 0 Å². The van der Waals surface area contributed by atoms with E-state index in [2.05, 4.69) is 35.5 Å². The molecule has 0 bridgehead atoms. The molecule has 1 rings (SSSR count). The fourth-order valence-electron chi connectivity index (χ4n) is 2.06. The second-order valence-corrected chi connectivity index (χ2v) is 5.13. The van der Waals surface area contributed by atoms with Gasteiger partial charge in [-0.05, 0) is 30.1 Å². The van der Waals surface area contributed by atoms with Crippen LogP contribution in [0.25, 0.3) is 0 Å². The molecule has 0 aromatic heterocycles. The van der Waals surface area contributed by atoms with Crippen molar-refractivity contribution < 1.29 is 0 Å². The predicted octanol–water partition coefficient (Wildman–Crippen LogP) is 2.50. The van der Waals surface area contributed by atoms with Gasteiger partial charge in [0, 0.05) is 0 Å². The lowest BCUT2D eigenvalue weighted by Crippen LogP contribution is -2.26. The van der Waals surface area contributed by atoms with E-state index in [-0.39, 0.29) is 0 Å². The Morgan fingerprint density at radius 2 is 1.73 bits per heavy atom. The topological polar surface area (TPSA) is 0 Å². The summed E-state index contributed by atoms with van der Waals surface area (Å²) >= 11 is 0. The standard InChI is InChI=1S/C10H21B/c1-7(8(2)11)10(3,4)9-5-6-9/h7-9H,5-6,11H2,1-4H3. The first-order valence-electron chi connectivity index (χ1n) is 4.96. The summed E-state index contributed by atoms with van der Waals surface area (Å²) in [5.74, 6) is 2.74. The average Bonchev–Trinajstić information content (AvgIpc) is 2.66. The van der Waals surface area contributed by atoms with Crippen molar-refractivity contribution in [3.63, 3.8) is 0 Å². The molecule has 1 aliphatic rings. The molecule has 0 spiro atoms. The SMILES string of the molecule is BC(C)C(C)C(C)(C)C1CC1. The minimum absolute atomic E-state index is 0.591. The summed E-state index contributed by atoms with van der Waals surface area (Å²) in [6, 6.07) is 0. The fourth-order valence-corrected chi connectivity index (χ4v) is 2.06. The highest BCUT2D eigenvalue weighted by Gasteiger charge is 2.41. The van der Waals surface area contributed by atoms with E-state index in [4.69, 9.17) is 0 Å². The number of hydrogen-bond acceptors (Lipinski definition) is 0. The van der Waals surface area contributed by atoms with Crippen molar-refractivity contribution in [2.24, 2.45) is 17.3 Å². The molecule has 64 valence electrons. The molecule has 0 saturated heterocycles. The Labute approximate surface area is 72.2 Å². The zero-order chi connectivity index (χ0) is 8.65. The monoisotopic (exact) mass is 152 g/mol. The van der Waals surface area contributed by atoms with Gasteiger partial charge >= 0.3 is 0 Å². The molecule has 0 nitrogen and oxygen atoms in total. The fraction of sp³-hybridized carbons (Fsp3) is 1.00. The first-order chi connectivity index (χ1) is 4.96. The van der Waals surface area contributed by atoms with Gasteiger partial charge in [-0.1, -0.05) is 33.5 Å². The van der Waals surface area contributed by atoms with Gasteiger partial charge < -0.3 is 0 Å². The smallest absolute Gasteiger partial charge is 0.0695 e. The summed E-state index contributed by atoms with van der Waals surface area (Å²) in [6.07, 6.45) is 2.95. The van der Waals surface area contributed by atoms with Gasteiger partial charge in [-0.25, -0.2) is 0 Å². The van der Waals surface area contributed by atoms with Crippen LogP contribution in [0.4, 0.5) is 0 Å². The quantitative estimate of drug-likeness (QED) is 0.545. The zero-order valence-electron chi connectivity index (χ0n) is 8.65. The van der Waals surface area contributed by atoms with Crippen LogP contribution in [0.15, 0.2) is 0 Å². The third-order valence-corrected chi connectivity index (χ3v) is 3.80. The second-order valence-electron chi connectivity index (χ2n) is 5.13. The lowest BCUT2D eigenvalue weighted by atomic mass is 9.64. The molecule has 0 radical (unpaired) electrons. The Balaban J connectivity index is 2.54. The van der Waals surface area contributed by atoms with Gasteiger partial charge in [-0.3, -0.25) is 0 Å². The van der Waals surface area contributed by atoms with Gasteiger partial charge in [0.1, 0.15) is 7.85 Å². The Bertz CT molecular complexity index is 134. The van der Waals surface area contributed by atoms with Crippen molar-refractivity contribution in [2.75, 3.05) is 0 Å². The maximum atomic E-state index is 2.44. The highest BCUT2D eigenvalue weighted by atomic mass is 14.5. The van der Waals surface area contributed by atoms with Crippen molar-refractivity contribution in [2.45, 2.75) is 46.4 Å². The van der Waals surface area contributed by atoms with Crippen LogP contribution in [0.2, 0.25) is 5.82 Å². The minimum Gasteiger partial charge on any atom is -0.0695 e. The molecule has 0 amide bonds. The van der Waals surface area contributed by atoms with Gasteiger partial charge in [0.05, 0.1) is 0 Å². The predicted molar refractivity (Wildman–Crippen MR) is 53.6 cm³/mol. The van der Waals surface area contributed by atoms with Crippen LogP contribution < -0.4 is 0 Å². The Kier molecular flexibility index (Phi) is 2.36. The van der Waals surface area contributed by atoms with Crippen LogP contribution in [0.5, 0.6) is 0 Å². The summed E-state index contributed by atoms with van der Waals surface area (Å²) in [6.45, 7) is 9.63. The van der Waals surface area contributed by atoms with Crippen LogP contribution >= 0.6 is 0 Å². The summed E-state index contributed by atoms with van der Waals surface area (Å²) in [4.78, 5) is 0. The van der Waals surface area contributed by atoms with E-state index in [1.54, 1.807) is 0 Å². The van der Waals surface area contributed by atoms with E-state index in [1.807, 2.05) is 0 Å². The van der Waals surface area contributed by atoms with Gasteiger partial charge in [0.2, 0.25) is 0 Å². The molecule has 0 N–H and O–H groups in total. The van der Waals surface area contributed by atoms with Crippen LogP contribution in [0.3, 0.4) is 0 Å². The molecule has 1 aliphatic carbocycles. The third kappa shape index (κ3) is 1.80. The molecular weight excluding hydrogens is 131 g/mol. The number of rotatable bonds is 3. The van der Waals surface area contributed by atoms with Crippen molar-refractivity contribution in [1.82, 2.24) is 0 Å². The van der Waals surface area contributed by atoms with E-state index < -0.39 is 0 Å². The lowest BCUT2D eigenvalue weighted by Gasteiger charge is -2.35. The van der Waals surface area contributed by atoms with Crippen molar-refractivity contribution >= 4 is 7.85 Å². The van der Waals surface area contributed by atoms with Crippen LogP contribution in [-0.4, -0.2) is 7.85 Å². The summed E-state index contributed by atoms with van der Waals surface area (Å²) in [5, 5.41) is 0. The maximum Gasteiger partial charge on any atom is 0.105 e. The van der Waals surface area contributed by atoms with E-state index in [0.29, 0.717) is 5.41 Å². The van der Waals surface area contributed by atoms with E-state index in [9.17, 15) is 0 Å². The zero-order valence-corrected chi connectivity index (χ0v) is 8.65. The lowest BCUT2D eigenvalue weighted by molar-refractivity contribution is 0.187. The van der Waals surface area contributed by atoms with E-state index >= 15 is 0 Å². The number of hydrogen-bond donors (Lipinski definition) is 0. The minimum atomic E-state index is 0.591. The van der Waals surface area contributed by atoms with E-state index in [0.717, 1.165) is 17.7 Å². The van der Waals surface area contributed by atoms with Gasteiger partial charge in [-0.15, -0.1) is 0 Å². The van der Waals surface area contributed by atoms with Crippen LogP contribution in [0, 0.1) is 17.3 Å². The molecular formula is C10H21B. The molecule has 0 heterocycles. The Hall–Kier alpha value is 0.0649. The molecule has 0 aliphatic heterocycles. The highest BCUT2D eigenvalue weighted by Crippen LogP contribution is 2.51. The molecule has 1 fully saturated rings. The summed E-state index contributed by atoms with van der Waals surface area (Å²) in [5.41, 5.74) is 0.591. The van der Waals surface area contributed by atoms with Crippen molar-refractivity contribution in [3.05, 3.63) is 0 Å². The molecule has 11 heavy (non-hydrogen) atoms. The molecule has 2 atom stereocenters. The van der Waals surface area contributed by atoms with Gasteiger partial charge in [0.25, 0.3) is 0 Å². The van der Waals surface area contributed by atoms with Crippen molar-refractivity contribution in [3.8, 4) is 0 Å². The highest BCUT2D eigenvalue weighted by molar-refractivity contribution is 6.11. The summed E-state index contributed by atoms with van der Waals surface area (Å²) in [7, 11) is 2.34. The molecule has 1 heteroatoms. The van der Waals surface area contributed by atoms with Crippen molar-refractivity contribution in [1.29, 1.82) is 0 Å². The summed E-state index contributed by atoms with van der Waals surface area (Å²) < 4.78 is 0. The first-order valence-corrected chi connectivity index (χ1v) is 4.96. The first kappa shape index (κ1) is 9.16. The Morgan fingerprint density at radius 1 is 1.27 bits per heavy atom. The average molecular weight is 152 g/mol. The maximum absolute atomic E-state index is 2.44. The van der Waals surface area contributed by atoms with Crippen LogP contribution in [0.1, 0.15) is 40.5 Å². The largest absolute Gasteiger partial charge is 0.105 e. The Morgan fingerprint density at radius 3 is 2.00 bits per heavy atom. The van der Waals surface area contributed by atoms with E-state index in [1.165, 1.54) is 12.8 Å².